The van der Waals surface area contributed by atoms with Crippen LogP contribution in [0.5, 0.6) is 0 Å². The number of anilines is 2. The number of likely N-dealkylation sites (N-methyl/N-ethyl adjacent to an activating group) is 1. The van der Waals surface area contributed by atoms with Crippen LogP contribution in [-0.4, -0.2) is 155 Å². The number of esters is 1. The van der Waals surface area contributed by atoms with E-state index in [-0.39, 0.29) is 68.2 Å². The average Bonchev–Trinajstić information content (AvgIpc) is 4.26. The molecule has 5 aliphatic rings. The van der Waals surface area contributed by atoms with Gasteiger partial charge in [0.15, 0.2) is 11.4 Å². The second kappa shape index (κ2) is 23.1. The highest BCUT2D eigenvalue weighted by molar-refractivity contribution is 5.95. The molecule has 6 bridgehead atoms. The molecule has 19 nitrogen and oxygen atoms in total. The molecule has 8 rings (SSSR count). The number of hydrazine groups is 1. The van der Waals surface area contributed by atoms with E-state index in [1.165, 1.54) is 34.0 Å². The van der Waals surface area contributed by atoms with E-state index in [1.54, 1.807) is 32.1 Å². The van der Waals surface area contributed by atoms with Gasteiger partial charge >= 0.3 is 12.0 Å². The molecule has 1 spiro atoms. The van der Waals surface area contributed by atoms with E-state index >= 15 is 4.39 Å². The van der Waals surface area contributed by atoms with Crippen molar-refractivity contribution in [1.29, 1.82) is 5.26 Å². The van der Waals surface area contributed by atoms with Crippen LogP contribution in [0.25, 0.3) is 11.6 Å². The number of ether oxygens (including phenoxy) is 3. The van der Waals surface area contributed by atoms with Crippen molar-refractivity contribution in [3.8, 4) is 6.07 Å². The fourth-order valence-electron chi connectivity index (χ4n) is 12.4. The highest BCUT2D eigenvalue weighted by Gasteiger charge is 2.66. The number of methoxy groups -OCH3 is 1. The van der Waals surface area contributed by atoms with Gasteiger partial charge in [-0.25, -0.2) is 19.6 Å². The third-order valence-corrected chi connectivity index (χ3v) is 16.3. The summed E-state index contributed by atoms with van der Waals surface area (Å²) in [6.07, 6.45) is 7.41. The van der Waals surface area contributed by atoms with Crippen LogP contribution >= 0.6 is 0 Å². The predicted molar refractivity (Wildman–Crippen MR) is 293 cm³/mol. The molecule has 1 unspecified atom stereocenters. The number of likely N-dealkylation sites (tertiary alicyclic amines) is 1. The Morgan fingerprint density at radius 2 is 1.87 bits per heavy atom. The van der Waals surface area contributed by atoms with Crippen LogP contribution in [0, 0.1) is 33.5 Å². The molecule has 422 valence electrons. The Kier molecular flexibility index (Phi) is 17.1. The Labute approximate surface area is 458 Å². The number of benzene rings is 1. The summed E-state index contributed by atoms with van der Waals surface area (Å²) >= 11 is 0. The summed E-state index contributed by atoms with van der Waals surface area (Å²) in [6, 6.07) is 8.31. The lowest BCUT2D eigenvalue weighted by Crippen LogP contribution is -2.64. The van der Waals surface area contributed by atoms with Crippen LogP contribution in [0.3, 0.4) is 0 Å². The van der Waals surface area contributed by atoms with Crippen LogP contribution in [-0.2, 0) is 33.4 Å². The number of pyridine rings is 1. The van der Waals surface area contributed by atoms with Crippen molar-refractivity contribution in [2.75, 3.05) is 70.3 Å². The Bertz CT molecular complexity index is 2800. The predicted octanol–water partition coefficient (Wildman–Crippen LogP) is 7.14. The van der Waals surface area contributed by atoms with Gasteiger partial charge in [-0.15, -0.1) is 0 Å². The lowest BCUT2D eigenvalue weighted by molar-refractivity contribution is -0.165. The largest absolute Gasteiger partial charge is 0.464 e. The number of hydrogen-bond acceptors (Lipinski definition) is 14. The molecule has 1 saturated carbocycles. The first-order chi connectivity index (χ1) is 36.9. The zero-order chi connectivity index (χ0) is 56.5. The highest BCUT2D eigenvalue weighted by atomic mass is 19.1. The second-order valence-corrected chi connectivity index (χ2v) is 24.5. The molecular weight excluding hydrogens is 998 g/mol. The first-order valence-electron chi connectivity index (χ1n) is 27.6. The number of morpholine rings is 1. The van der Waals surface area contributed by atoms with Gasteiger partial charge in [0.25, 0.3) is 11.8 Å². The number of carbonyl (C=O) groups excluding carboxylic acids is 5. The topological polar surface area (TPSA) is 217 Å². The van der Waals surface area contributed by atoms with Gasteiger partial charge in [0.05, 0.1) is 37.3 Å². The van der Waals surface area contributed by atoms with Crippen molar-refractivity contribution in [2.24, 2.45) is 22.2 Å². The summed E-state index contributed by atoms with van der Waals surface area (Å²) < 4.78 is 36.8. The molecular formula is C58H80FN11O8. The van der Waals surface area contributed by atoms with Gasteiger partial charge in [-0.05, 0) is 111 Å². The van der Waals surface area contributed by atoms with Gasteiger partial charge in [0.1, 0.15) is 30.5 Å². The number of fused-ring (bicyclic) bond motifs is 7. The zero-order valence-corrected chi connectivity index (χ0v) is 47.4. The maximum absolute atomic E-state index is 17.2. The number of imidazole rings is 1. The first-order valence-corrected chi connectivity index (χ1v) is 27.6. The van der Waals surface area contributed by atoms with Crippen LogP contribution in [0.15, 0.2) is 49.1 Å². The van der Waals surface area contributed by atoms with Gasteiger partial charge in [-0.3, -0.25) is 33.7 Å². The Morgan fingerprint density at radius 1 is 1.12 bits per heavy atom. The van der Waals surface area contributed by atoms with Crippen molar-refractivity contribution < 1.29 is 42.6 Å². The number of alkyl halides is 1. The van der Waals surface area contributed by atoms with E-state index in [1.807, 2.05) is 52.8 Å². The Hall–Kier alpha value is -6.43. The number of nitrogens with zero attached hydrogens (tertiary/aromatic N) is 8. The van der Waals surface area contributed by atoms with Crippen LogP contribution in [0.2, 0.25) is 0 Å². The van der Waals surface area contributed by atoms with Crippen LogP contribution in [0.1, 0.15) is 136 Å². The number of hydrogen-bond donors (Lipinski definition) is 3. The summed E-state index contributed by atoms with van der Waals surface area (Å²) in [5, 5.41) is 17.3. The van der Waals surface area contributed by atoms with Gasteiger partial charge in [-0.1, -0.05) is 54.5 Å². The third-order valence-electron chi connectivity index (χ3n) is 16.3. The summed E-state index contributed by atoms with van der Waals surface area (Å²) in [7, 11) is 3.09. The van der Waals surface area contributed by atoms with Gasteiger partial charge in [0.2, 0.25) is 5.91 Å². The van der Waals surface area contributed by atoms with E-state index in [9.17, 15) is 29.2 Å². The number of carbonyl (C=O) groups is 5. The normalized spacial score (nSPS) is 27.0. The maximum Gasteiger partial charge on any atom is 0.329 e. The van der Waals surface area contributed by atoms with Crippen molar-refractivity contribution in [3.05, 3.63) is 71.6 Å². The van der Waals surface area contributed by atoms with E-state index in [0.717, 1.165) is 33.8 Å². The lowest BCUT2D eigenvalue weighted by Gasteiger charge is -2.50. The zero-order valence-electron chi connectivity index (χ0n) is 47.4. The fourth-order valence-corrected chi connectivity index (χ4v) is 12.4. The van der Waals surface area contributed by atoms with Crippen molar-refractivity contribution >= 4 is 52.7 Å². The molecule has 3 aromatic rings. The molecule has 6 atom stereocenters. The first kappa shape index (κ1) is 57.7. The maximum atomic E-state index is 17.2. The van der Waals surface area contributed by atoms with Crippen LogP contribution in [0.4, 0.5) is 20.6 Å². The number of allylic oxidation sites excluding steroid dienone is 1. The number of amides is 4. The molecule has 3 saturated heterocycles. The summed E-state index contributed by atoms with van der Waals surface area (Å²) in [5.74, 6) is -2.98. The number of nitriles is 1. The van der Waals surface area contributed by atoms with Gasteiger partial charge in [-0.2, -0.15) is 5.26 Å². The molecule has 4 amide bonds. The molecule has 20 heteroatoms. The Morgan fingerprint density at radius 3 is 2.55 bits per heavy atom. The standard InChI is InChI=1S/C58H80FN11O8/c1-12-61-44-18-17-41-24-43(44)39(23-38-15-13-19-62-48(38)37(4)76-11)26-56(8,9)34-78-52(73)45-16-14-20-70(65-45)51(72)46(25-42-30-67(41)21-22-77-42)64-50(71)49(36(2)3)66(10)53(74)58(59)31-57(32-58)27-47(55(5,6)7)69(33-57)54(75)68-29-40(28-60)63-35-68/h13,15,17-19,23-24,29,35-37,42,45-47,49,61,65H,12,14,16,20-22,25-27,30-34H2,1-11H3,(H,64,71)/b39-23+/t37-,42-,45-,46-,47?,49-,57?,58?/m0/s1. The Balaban J connectivity index is 1.07. The molecule has 0 radical (unpaired) electrons. The third kappa shape index (κ3) is 12.4. The fraction of sp³-hybridized carbons (Fsp3) is 0.621. The molecule has 2 aromatic heterocycles. The molecule has 6 heterocycles. The average molecular weight is 1080 g/mol. The van der Waals surface area contributed by atoms with Gasteiger partial charge in [0, 0.05) is 87.9 Å². The highest BCUT2D eigenvalue weighted by Crippen LogP contribution is 2.60. The minimum absolute atomic E-state index is 0.0522. The van der Waals surface area contributed by atoms with Crippen molar-refractivity contribution in [3.63, 3.8) is 0 Å². The van der Waals surface area contributed by atoms with E-state index in [4.69, 9.17) is 19.2 Å². The lowest BCUT2D eigenvalue weighted by atomic mass is 9.57. The monoisotopic (exact) mass is 1080 g/mol. The van der Waals surface area contributed by atoms with Gasteiger partial charge < -0.3 is 39.5 Å². The molecule has 4 aliphatic heterocycles. The molecule has 1 aliphatic carbocycles. The quantitative estimate of drug-likeness (QED) is 0.172. The van der Waals surface area contributed by atoms with E-state index < -0.39 is 70.3 Å². The summed E-state index contributed by atoms with van der Waals surface area (Å²) in [6.45, 7) is 20.2. The van der Waals surface area contributed by atoms with E-state index in [0.29, 0.717) is 51.9 Å². The molecule has 1 aromatic carbocycles. The number of cyclic esters (lactones) is 1. The summed E-state index contributed by atoms with van der Waals surface area (Å²) in [5.41, 5.74) is 4.78. The summed E-state index contributed by atoms with van der Waals surface area (Å²) in [4.78, 5) is 85.9. The number of rotatable bonds is 10. The molecule has 3 N–H and O–H groups in total. The van der Waals surface area contributed by atoms with Crippen molar-refractivity contribution in [2.45, 2.75) is 149 Å². The number of aromatic nitrogens is 3. The minimum atomic E-state index is -2.32. The second-order valence-electron chi connectivity index (χ2n) is 24.5. The SMILES string of the molecule is CCNc1ccc2cc1/C(=C/c1cccnc1[C@H](C)OC)CC(C)(C)COC(=O)[C@@H]1CCCN(N1)C(=O)[C@@H](NC(=O)[C@H](C(C)C)N(C)C(=O)C1(F)CC3(CC(C(C)(C)C)N(C(=O)n4cnc(C#N)c4)C3)C1)C[C@H]1CN2CCO1. The smallest absolute Gasteiger partial charge is 0.329 e. The molecule has 78 heavy (non-hydrogen) atoms. The number of halogens is 1. The van der Waals surface area contributed by atoms with E-state index in [2.05, 4.69) is 64.1 Å². The van der Waals surface area contributed by atoms with Crippen molar-refractivity contribution in [1.82, 2.24) is 40.1 Å². The van der Waals surface area contributed by atoms with Crippen LogP contribution < -0.4 is 21.0 Å². The molecule has 4 fully saturated rings. The minimum Gasteiger partial charge on any atom is -0.464 e. The number of nitrogens with one attached hydrogen (secondary N) is 3.